The highest BCUT2D eigenvalue weighted by atomic mass is 16.5. The maximum Gasteiger partial charge on any atom is 0.322 e. The van der Waals surface area contributed by atoms with Gasteiger partial charge in [-0.3, -0.25) is 14.4 Å². The number of rotatable bonds is 7. The Morgan fingerprint density at radius 1 is 1.20 bits per heavy atom. The van der Waals surface area contributed by atoms with Crippen LogP contribution in [0.4, 0.5) is 0 Å². The first kappa shape index (κ1) is 18.9. The lowest BCUT2D eigenvalue weighted by atomic mass is 9.89. The molecule has 1 saturated carbocycles. The molecule has 0 radical (unpaired) electrons. The van der Waals surface area contributed by atoms with Gasteiger partial charge in [-0.1, -0.05) is 30.8 Å². The highest BCUT2D eigenvalue weighted by molar-refractivity contribution is 5.81. The van der Waals surface area contributed by atoms with Crippen molar-refractivity contribution in [3.8, 4) is 0 Å². The Labute approximate surface area is 145 Å². The molecule has 0 atom stereocenters. The number of nitrogens with one attached hydrogen (secondary N) is 2. The molecule has 1 heterocycles. The van der Waals surface area contributed by atoms with Gasteiger partial charge in [0.15, 0.2) is 5.82 Å². The van der Waals surface area contributed by atoms with Crippen LogP contribution in [-0.2, 0) is 26.3 Å². The van der Waals surface area contributed by atoms with Crippen LogP contribution in [0.15, 0.2) is 4.52 Å². The lowest BCUT2D eigenvalue weighted by Crippen LogP contribution is -2.45. The molecule has 2 rings (SSSR count). The van der Waals surface area contributed by atoms with E-state index in [0.29, 0.717) is 11.7 Å². The summed E-state index contributed by atoms with van der Waals surface area (Å²) in [7, 11) is 0. The van der Waals surface area contributed by atoms with E-state index < -0.39 is 24.0 Å². The van der Waals surface area contributed by atoms with Gasteiger partial charge >= 0.3 is 5.97 Å². The summed E-state index contributed by atoms with van der Waals surface area (Å²) < 4.78 is 5.23. The summed E-state index contributed by atoms with van der Waals surface area (Å²) in [5.41, 5.74) is -0.615. The van der Waals surface area contributed by atoms with Crippen LogP contribution in [0.5, 0.6) is 0 Å². The van der Waals surface area contributed by atoms with Gasteiger partial charge in [0, 0.05) is 19.8 Å². The van der Waals surface area contributed by atoms with Gasteiger partial charge in [-0.15, -0.1) is 0 Å². The Balaban J connectivity index is 2.02. The third-order valence-electron chi connectivity index (χ3n) is 4.27. The van der Waals surface area contributed by atoms with E-state index in [1.807, 2.05) is 0 Å². The fraction of sp³-hybridized carbons (Fsp3) is 0.688. The Morgan fingerprint density at radius 3 is 2.48 bits per heavy atom. The van der Waals surface area contributed by atoms with Gasteiger partial charge in [-0.05, 0) is 12.8 Å². The first-order chi connectivity index (χ1) is 11.9. The second-order valence-electron chi connectivity index (χ2n) is 6.36. The maximum absolute atomic E-state index is 11.7. The zero-order chi connectivity index (χ0) is 18.3. The number of aromatic nitrogens is 2. The van der Waals surface area contributed by atoms with Crippen molar-refractivity contribution in [1.29, 1.82) is 0 Å². The Hall–Kier alpha value is -2.45. The molecule has 1 aromatic heterocycles. The van der Waals surface area contributed by atoms with Crippen LogP contribution in [0.2, 0.25) is 0 Å². The normalized spacial score (nSPS) is 16.7. The maximum atomic E-state index is 11.7. The molecule has 3 N–H and O–H groups in total. The minimum absolute atomic E-state index is 0.0576. The molecule has 1 aliphatic rings. The van der Waals surface area contributed by atoms with Crippen molar-refractivity contribution in [3.63, 3.8) is 0 Å². The molecule has 9 heteroatoms. The Kier molecular flexibility index (Phi) is 6.49. The molecule has 2 amide bonds. The molecule has 1 aliphatic carbocycles. The summed E-state index contributed by atoms with van der Waals surface area (Å²) in [6, 6.07) is 0. The number of carbonyl (C=O) groups is 3. The largest absolute Gasteiger partial charge is 0.480 e. The number of aryl methyl sites for hydroxylation is 1. The second-order valence-corrected chi connectivity index (χ2v) is 6.36. The van der Waals surface area contributed by atoms with E-state index >= 15 is 0 Å². The average Bonchev–Trinajstić information content (AvgIpc) is 2.91. The number of hydrogen-bond donors (Lipinski definition) is 3. The summed E-state index contributed by atoms with van der Waals surface area (Å²) in [6.07, 6.45) is 5.95. The summed E-state index contributed by atoms with van der Waals surface area (Å²) >= 11 is 0. The monoisotopic (exact) mass is 352 g/mol. The first-order valence-corrected chi connectivity index (χ1v) is 8.51. The van der Waals surface area contributed by atoms with Crippen LogP contribution in [0.1, 0.15) is 63.6 Å². The highest BCUT2D eigenvalue weighted by Crippen LogP contribution is 2.34. The van der Waals surface area contributed by atoms with Gasteiger partial charge in [0.05, 0.1) is 0 Å². The number of carboxylic acids is 1. The topological polar surface area (TPSA) is 134 Å². The SMILES string of the molecule is CC(=O)NC1(c2noc(CCC(=O)NCC(=O)O)n2)CCCCCC1. The van der Waals surface area contributed by atoms with E-state index in [0.717, 1.165) is 38.5 Å². The molecule has 0 spiro atoms. The van der Waals surface area contributed by atoms with Crippen LogP contribution in [0, 0.1) is 0 Å². The summed E-state index contributed by atoms with van der Waals surface area (Å²) in [5.74, 6) is -0.881. The zero-order valence-electron chi connectivity index (χ0n) is 14.3. The van der Waals surface area contributed by atoms with Gasteiger partial charge in [-0.25, -0.2) is 0 Å². The predicted octanol–water partition coefficient (Wildman–Crippen LogP) is 0.889. The van der Waals surface area contributed by atoms with Crippen LogP contribution in [0.3, 0.4) is 0 Å². The van der Waals surface area contributed by atoms with Gasteiger partial charge in [-0.2, -0.15) is 4.98 Å². The third-order valence-corrected chi connectivity index (χ3v) is 4.27. The molecule has 1 fully saturated rings. The van der Waals surface area contributed by atoms with Crippen molar-refractivity contribution in [1.82, 2.24) is 20.8 Å². The Morgan fingerprint density at radius 2 is 1.88 bits per heavy atom. The molecule has 138 valence electrons. The summed E-state index contributed by atoms with van der Waals surface area (Å²) in [5, 5.41) is 17.8. The van der Waals surface area contributed by atoms with E-state index in [1.54, 1.807) is 0 Å². The lowest BCUT2D eigenvalue weighted by molar-refractivity contribution is -0.137. The number of amides is 2. The van der Waals surface area contributed by atoms with Crippen LogP contribution >= 0.6 is 0 Å². The molecular weight excluding hydrogens is 328 g/mol. The summed E-state index contributed by atoms with van der Waals surface area (Å²) in [4.78, 5) is 38.0. The molecule has 25 heavy (non-hydrogen) atoms. The van der Waals surface area contributed by atoms with Crippen molar-refractivity contribution < 1.29 is 24.0 Å². The third kappa shape index (κ3) is 5.54. The zero-order valence-corrected chi connectivity index (χ0v) is 14.3. The van der Waals surface area contributed by atoms with Crippen molar-refractivity contribution in [2.45, 2.75) is 63.8 Å². The number of carbonyl (C=O) groups excluding carboxylic acids is 2. The van der Waals surface area contributed by atoms with Crippen molar-refractivity contribution in [3.05, 3.63) is 11.7 Å². The molecule has 9 nitrogen and oxygen atoms in total. The van der Waals surface area contributed by atoms with Gasteiger partial charge in [0.25, 0.3) is 0 Å². The van der Waals surface area contributed by atoms with Gasteiger partial charge < -0.3 is 20.3 Å². The van der Waals surface area contributed by atoms with Crippen molar-refractivity contribution >= 4 is 17.8 Å². The van der Waals surface area contributed by atoms with E-state index in [2.05, 4.69) is 20.8 Å². The number of aliphatic carboxylic acids is 1. The lowest BCUT2D eigenvalue weighted by Gasteiger charge is -2.30. The quantitative estimate of drug-likeness (QED) is 0.620. The van der Waals surface area contributed by atoms with Crippen LogP contribution in [-0.4, -0.2) is 39.6 Å². The smallest absolute Gasteiger partial charge is 0.322 e. The van der Waals surface area contributed by atoms with E-state index in [1.165, 1.54) is 6.92 Å². The molecule has 0 saturated heterocycles. The average molecular weight is 352 g/mol. The number of nitrogens with zero attached hydrogens (tertiary/aromatic N) is 2. The van der Waals surface area contributed by atoms with E-state index in [-0.39, 0.29) is 18.7 Å². The van der Waals surface area contributed by atoms with Crippen molar-refractivity contribution in [2.75, 3.05) is 6.54 Å². The predicted molar refractivity (Wildman–Crippen MR) is 86.5 cm³/mol. The number of hydrogen-bond acceptors (Lipinski definition) is 6. The molecular formula is C16H24N4O5. The minimum atomic E-state index is -1.10. The van der Waals surface area contributed by atoms with E-state index in [4.69, 9.17) is 9.63 Å². The van der Waals surface area contributed by atoms with Gasteiger partial charge in [0.1, 0.15) is 12.1 Å². The van der Waals surface area contributed by atoms with Gasteiger partial charge in [0.2, 0.25) is 17.7 Å². The highest BCUT2D eigenvalue weighted by Gasteiger charge is 2.38. The van der Waals surface area contributed by atoms with E-state index in [9.17, 15) is 14.4 Å². The molecule has 0 aliphatic heterocycles. The Bertz CT molecular complexity index is 620. The fourth-order valence-electron chi connectivity index (χ4n) is 3.11. The molecule has 0 unspecified atom stereocenters. The minimum Gasteiger partial charge on any atom is -0.480 e. The fourth-order valence-corrected chi connectivity index (χ4v) is 3.11. The standard InChI is InChI=1S/C16H24N4O5/c1-11(21)19-16(8-4-2-3-5-9-16)15-18-13(25-20-15)7-6-12(22)17-10-14(23)24/h2-10H2,1H3,(H,17,22)(H,19,21)(H,23,24). The molecule has 0 bridgehead atoms. The molecule has 0 aromatic carbocycles. The van der Waals surface area contributed by atoms with Crippen molar-refractivity contribution in [2.24, 2.45) is 0 Å². The second kappa shape index (κ2) is 8.59. The number of carboxylic acid groups (broad SMARTS) is 1. The van der Waals surface area contributed by atoms with Crippen LogP contribution in [0.25, 0.3) is 0 Å². The first-order valence-electron chi connectivity index (χ1n) is 8.51. The summed E-state index contributed by atoms with van der Waals surface area (Å²) in [6.45, 7) is 1.06. The van der Waals surface area contributed by atoms with Crippen LogP contribution < -0.4 is 10.6 Å². The molecule has 1 aromatic rings.